The van der Waals surface area contributed by atoms with Crippen LogP contribution in [0.5, 0.6) is 0 Å². The molecule has 0 bridgehead atoms. The van der Waals surface area contributed by atoms with Crippen LogP contribution in [0.1, 0.15) is 39.4 Å². The number of nitrogens with one attached hydrogen (secondary N) is 1. The minimum absolute atomic E-state index is 0.101. The van der Waals surface area contributed by atoms with E-state index in [1.807, 2.05) is 33.8 Å². The highest BCUT2D eigenvalue weighted by atomic mass is 16.1. The molecule has 0 saturated heterocycles. The van der Waals surface area contributed by atoms with Gasteiger partial charge in [-0.1, -0.05) is 57.4 Å². The maximum absolute atomic E-state index is 12.2. The molecule has 0 aliphatic rings. The zero-order valence-corrected chi connectivity index (χ0v) is 14.2. The molecule has 0 spiro atoms. The number of H-pyrrole nitrogens is 1. The van der Waals surface area contributed by atoms with Crippen molar-refractivity contribution in [2.45, 2.75) is 33.7 Å². The van der Waals surface area contributed by atoms with Crippen LogP contribution in [0.15, 0.2) is 54.7 Å². The van der Waals surface area contributed by atoms with Gasteiger partial charge in [-0.25, -0.2) is 9.67 Å². The molecule has 2 aromatic rings. The molecule has 0 unspecified atom stereocenters. The highest BCUT2D eigenvalue weighted by Gasteiger charge is 2.18. The van der Waals surface area contributed by atoms with Gasteiger partial charge >= 0.3 is 0 Å². The van der Waals surface area contributed by atoms with Gasteiger partial charge in [-0.15, -0.1) is 0 Å². The smallest absolute Gasteiger partial charge is 0.262 e. The molecule has 0 amide bonds. The number of fused-ring (bicyclic) bond motifs is 1. The summed E-state index contributed by atoms with van der Waals surface area (Å²) < 4.78 is 1.75. The van der Waals surface area contributed by atoms with E-state index in [9.17, 15) is 4.79 Å². The predicted octanol–water partition coefficient (Wildman–Crippen LogP) is 4.04. The summed E-state index contributed by atoms with van der Waals surface area (Å²) in [4.78, 5) is 19.0. The third-order valence-corrected chi connectivity index (χ3v) is 2.97. The molecule has 5 nitrogen and oxygen atoms in total. The molecule has 0 aliphatic heterocycles. The second-order valence-corrected chi connectivity index (χ2v) is 4.77. The predicted molar refractivity (Wildman–Crippen MR) is 97.4 cm³/mol. The van der Waals surface area contributed by atoms with Gasteiger partial charge in [0.2, 0.25) is 0 Å². The van der Waals surface area contributed by atoms with Gasteiger partial charge in [0, 0.05) is 11.6 Å². The quantitative estimate of drug-likeness (QED) is 0.847. The first kappa shape index (κ1) is 18.4. The third kappa shape index (κ3) is 3.94. The molecule has 1 N–H and O–H groups in total. The zero-order chi connectivity index (χ0) is 17.4. The van der Waals surface area contributed by atoms with E-state index in [2.05, 4.69) is 28.2 Å². The lowest BCUT2D eigenvalue weighted by Crippen LogP contribution is -2.08. The van der Waals surface area contributed by atoms with Crippen LogP contribution in [0.4, 0.5) is 0 Å². The molecule has 23 heavy (non-hydrogen) atoms. The number of allylic oxidation sites excluding steroid dienone is 6. The maximum atomic E-state index is 12.2. The summed E-state index contributed by atoms with van der Waals surface area (Å²) in [5.41, 5.74) is 1.74. The molecule has 5 heteroatoms. The van der Waals surface area contributed by atoms with Crippen LogP contribution in [0.3, 0.4) is 0 Å². The van der Waals surface area contributed by atoms with Crippen molar-refractivity contribution < 1.29 is 0 Å². The summed E-state index contributed by atoms with van der Waals surface area (Å²) in [5, 5.41) is 5.03. The van der Waals surface area contributed by atoms with Gasteiger partial charge < -0.3 is 4.98 Å². The second-order valence-electron chi connectivity index (χ2n) is 4.77. The molecule has 122 valence electrons. The maximum Gasteiger partial charge on any atom is 0.262 e. The van der Waals surface area contributed by atoms with Gasteiger partial charge in [0.15, 0.2) is 5.65 Å². The summed E-state index contributed by atoms with van der Waals surface area (Å²) >= 11 is 0. The Kier molecular flexibility index (Phi) is 6.93. The highest BCUT2D eigenvalue weighted by molar-refractivity contribution is 5.91. The fourth-order valence-corrected chi connectivity index (χ4v) is 2.06. The van der Waals surface area contributed by atoms with Gasteiger partial charge in [0.05, 0.1) is 6.33 Å². The Morgan fingerprint density at radius 2 is 2.00 bits per heavy atom. The normalized spacial score (nSPS) is 11.6. The van der Waals surface area contributed by atoms with Crippen LogP contribution in [0.25, 0.3) is 16.6 Å². The van der Waals surface area contributed by atoms with Crippen molar-refractivity contribution in [3.8, 4) is 0 Å². The van der Waals surface area contributed by atoms with Gasteiger partial charge in [-0.3, -0.25) is 4.79 Å². The van der Waals surface area contributed by atoms with Crippen molar-refractivity contribution in [3.05, 3.63) is 65.9 Å². The molecule has 0 saturated carbocycles. The molecule has 2 aromatic heterocycles. The summed E-state index contributed by atoms with van der Waals surface area (Å²) in [6.45, 7) is 15.4. The Bertz CT molecular complexity index is 791. The van der Waals surface area contributed by atoms with Crippen molar-refractivity contribution in [1.82, 2.24) is 19.7 Å². The number of aromatic nitrogens is 4. The number of hydrogen-bond donors (Lipinski definition) is 1. The van der Waals surface area contributed by atoms with E-state index in [0.717, 1.165) is 5.57 Å². The van der Waals surface area contributed by atoms with E-state index in [4.69, 9.17) is 0 Å². The van der Waals surface area contributed by atoms with E-state index in [1.54, 1.807) is 29.0 Å². The Hall–Kier alpha value is -2.69. The zero-order valence-electron chi connectivity index (χ0n) is 14.2. The van der Waals surface area contributed by atoms with E-state index < -0.39 is 0 Å². The van der Waals surface area contributed by atoms with Gasteiger partial charge in [0.1, 0.15) is 11.1 Å². The van der Waals surface area contributed by atoms with Crippen molar-refractivity contribution in [2.75, 3.05) is 0 Å². The van der Waals surface area contributed by atoms with Gasteiger partial charge in [-0.2, -0.15) is 5.10 Å². The molecular formula is C18H24N4O. The van der Waals surface area contributed by atoms with E-state index in [-0.39, 0.29) is 11.6 Å². The Labute approximate surface area is 136 Å². The molecule has 0 radical (unpaired) electrons. The molecular weight excluding hydrogens is 288 g/mol. The summed E-state index contributed by atoms with van der Waals surface area (Å²) in [7, 11) is 0. The molecule has 0 atom stereocenters. The number of aromatic amines is 1. The fourth-order valence-electron chi connectivity index (χ4n) is 2.06. The number of rotatable bonds is 5. The van der Waals surface area contributed by atoms with Crippen LogP contribution in [-0.2, 0) is 0 Å². The Morgan fingerprint density at radius 3 is 2.57 bits per heavy atom. The Balaban J connectivity index is 0.00000127. The fraction of sp³-hybridized carbons (Fsp3) is 0.278. The van der Waals surface area contributed by atoms with E-state index in [1.165, 1.54) is 6.33 Å². The van der Waals surface area contributed by atoms with Crippen LogP contribution in [0.2, 0.25) is 0 Å². The lowest BCUT2D eigenvalue weighted by molar-refractivity contribution is 0.545. The van der Waals surface area contributed by atoms with Crippen molar-refractivity contribution in [3.63, 3.8) is 0 Å². The van der Waals surface area contributed by atoms with Crippen molar-refractivity contribution >= 4 is 16.6 Å². The molecule has 2 rings (SSSR count). The largest absolute Gasteiger partial charge is 0.312 e. The van der Waals surface area contributed by atoms with Crippen LogP contribution >= 0.6 is 0 Å². The van der Waals surface area contributed by atoms with Crippen LogP contribution in [-0.4, -0.2) is 19.7 Å². The lowest BCUT2D eigenvalue weighted by atomic mass is 10.1. The van der Waals surface area contributed by atoms with Gasteiger partial charge in [-0.05, 0) is 13.8 Å². The minimum atomic E-state index is -0.205. The SMILES string of the molecule is C=C/C=C\C(=C/C=C)c1nn(C(C)C)c2nc[nH]c(=O)c12.CC. The summed E-state index contributed by atoms with van der Waals surface area (Å²) in [6, 6.07) is 0.101. The minimum Gasteiger partial charge on any atom is -0.312 e. The highest BCUT2D eigenvalue weighted by Crippen LogP contribution is 2.23. The molecule has 0 aromatic carbocycles. The average molecular weight is 312 g/mol. The molecule has 0 aliphatic carbocycles. The number of nitrogens with zero attached hydrogens (tertiary/aromatic N) is 3. The first-order valence-corrected chi connectivity index (χ1v) is 7.68. The second kappa shape index (κ2) is 8.68. The van der Waals surface area contributed by atoms with Crippen LogP contribution in [0, 0.1) is 0 Å². The first-order chi connectivity index (χ1) is 11.1. The monoisotopic (exact) mass is 312 g/mol. The average Bonchev–Trinajstić information content (AvgIpc) is 2.94. The molecule has 2 heterocycles. The number of hydrogen-bond acceptors (Lipinski definition) is 3. The standard InChI is InChI=1S/C16H18N4O.C2H6/c1-5-7-9-12(8-6-2)14-13-15(17-10-18-16(13)21)20(19-14)11(3)4;1-2/h5-11H,1-2H2,3-4H3,(H,17,18,21);1-2H3/b9-7-,12-8+;. The Morgan fingerprint density at radius 1 is 1.30 bits per heavy atom. The third-order valence-electron chi connectivity index (χ3n) is 2.97. The summed E-state index contributed by atoms with van der Waals surface area (Å²) in [5.74, 6) is 0. The van der Waals surface area contributed by atoms with E-state index >= 15 is 0 Å². The lowest BCUT2D eigenvalue weighted by Gasteiger charge is -2.05. The summed E-state index contributed by atoms with van der Waals surface area (Å²) in [6.07, 6.45) is 10.2. The van der Waals surface area contributed by atoms with E-state index in [0.29, 0.717) is 16.7 Å². The topological polar surface area (TPSA) is 63.6 Å². The van der Waals surface area contributed by atoms with Crippen molar-refractivity contribution in [1.29, 1.82) is 0 Å². The first-order valence-electron chi connectivity index (χ1n) is 7.68. The molecule has 0 fully saturated rings. The van der Waals surface area contributed by atoms with Crippen molar-refractivity contribution in [2.24, 2.45) is 0 Å². The van der Waals surface area contributed by atoms with Crippen LogP contribution < -0.4 is 5.56 Å². The van der Waals surface area contributed by atoms with Gasteiger partial charge in [0.25, 0.3) is 5.56 Å².